The van der Waals surface area contributed by atoms with E-state index in [1.54, 1.807) is 0 Å². The Morgan fingerprint density at radius 3 is 2.36 bits per heavy atom. The maximum absolute atomic E-state index is 5.94. The van der Waals surface area contributed by atoms with Gasteiger partial charge in [0.05, 0.1) is 6.21 Å². The van der Waals surface area contributed by atoms with Crippen LogP contribution in [0.2, 0.25) is 5.02 Å². The Morgan fingerprint density at radius 1 is 1.00 bits per heavy atom. The molecule has 0 bridgehead atoms. The van der Waals surface area contributed by atoms with Gasteiger partial charge in [-0.05, 0) is 45.3 Å². The molecule has 2 aromatic rings. The smallest absolute Gasteiger partial charge is 0.0612 e. The Kier molecular flexibility index (Phi) is 6.68. The minimum atomic E-state index is 0.789. The third-order valence-corrected chi connectivity index (χ3v) is 4.80. The van der Waals surface area contributed by atoms with Crippen LogP contribution >= 0.6 is 27.5 Å². The highest BCUT2D eigenvalue weighted by Gasteiger charge is 2.15. The van der Waals surface area contributed by atoms with E-state index in [1.807, 2.05) is 36.5 Å². The van der Waals surface area contributed by atoms with E-state index in [0.29, 0.717) is 0 Å². The van der Waals surface area contributed by atoms with Gasteiger partial charge < -0.3 is 0 Å². The van der Waals surface area contributed by atoms with Gasteiger partial charge in [-0.3, -0.25) is 9.91 Å². The van der Waals surface area contributed by atoms with Gasteiger partial charge in [-0.25, -0.2) is 0 Å². The first-order chi connectivity index (χ1) is 12.2. The summed E-state index contributed by atoms with van der Waals surface area (Å²) in [7, 11) is 0. The average molecular weight is 419 g/mol. The number of allylic oxidation sites excluding steroid dienone is 1. The molecule has 130 valence electrons. The number of nitrogens with zero attached hydrogens (tertiary/aromatic N) is 3. The molecule has 0 unspecified atom stereocenters. The van der Waals surface area contributed by atoms with Crippen LogP contribution in [0.25, 0.3) is 6.08 Å². The predicted molar refractivity (Wildman–Crippen MR) is 110 cm³/mol. The summed E-state index contributed by atoms with van der Waals surface area (Å²) in [5, 5.41) is 7.49. The lowest BCUT2D eigenvalue weighted by atomic mass is 10.2. The first-order valence-corrected chi connectivity index (χ1v) is 9.54. The van der Waals surface area contributed by atoms with Crippen molar-refractivity contribution in [3.63, 3.8) is 0 Å². The van der Waals surface area contributed by atoms with Gasteiger partial charge in [-0.1, -0.05) is 54.1 Å². The van der Waals surface area contributed by atoms with Crippen molar-refractivity contribution in [1.29, 1.82) is 0 Å². The molecule has 0 radical (unpaired) electrons. The summed E-state index contributed by atoms with van der Waals surface area (Å²) in [6.07, 6.45) is 3.95. The van der Waals surface area contributed by atoms with Crippen molar-refractivity contribution in [2.75, 3.05) is 26.2 Å². The van der Waals surface area contributed by atoms with E-state index in [1.165, 1.54) is 5.56 Å². The number of benzene rings is 2. The molecule has 1 aliphatic heterocycles. The quantitative estimate of drug-likeness (QED) is 0.645. The van der Waals surface area contributed by atoms with E-state index in [0.717, 1.165) is 47.8 Å². The normalized spacial score (nSPS) is 16.6. The third-order valence-electron chi connectivity index (χ3n) is 4.12. The third kappa shape index (κ3) is 5.99. The minimum absolute atomic E-state index is 0.789. The molecule has 3 nitrogen and oxygen atoms in total. The van der Waals surface area contributed by atoms with E-state index >= 15 is 0 Å². The van der Waals surface area contributed by atoms with E-state index < -0.39 is 0 Å². The van der Waals surface area contributed by atoms with Crippen LogP contribution in [-0.2, 0) is 6.54 Å². The Labute approximate surface area is 162 Å². The SMILES string of the molecule is Clc1ccc(CN2CCN(/N=C/C(Br)=C\c3ccccc3)CC2)cc1. The summed E-state index contributed by atoms with van der Waals surface area (Å²) in [6, 6.07) is 18.3. The Bertz CT molecular complexity index is 720. The van der Waals surface area contributed by atoms with Gasteiger partial charge in [0.15, 0.2) is 0 Å². The molecule has 0 aliphatic carbocycles. The van der Waals surface area contributed by atoms with Crippen LogP contribution in [-0.4, -0.2) is 42.3 Å². The van der Waals surface area contributed by atoms with Crippen molar-refractivity contribution >= 4 is 39.8 Å². The minimum Gasteiger partial charge on any atom is -0.295 e. The Morgan fingerprint density at radius 2 is 1.68 bits per heavy atom. The average Bonchev–Trinajstić information content (AvgIpc) is 2.64. The molecule has 25 heavy (non-hydrogen) atoms. The van der Waals surface area contributed by atoms with Gasteiger partial charge >= 0.3 is 0 Å². The lowest BCUT2D eigenvalue weighted by Gasteiger charge is -2.33. The highest BCUT2D eigenvalue weighted by molar-refractivity contribution is 9.12. The Balaban J connectivity index is 1.47. The fraction of sp³-hybridized carbons (Fsp3) is 0.250. The van der Waals surface area contributed by atoms with Crippen LogP contribution < -0.4 is 0 Å². The topological polar surface area (TPSA) is 18.8 Å². The maximum Gasteiger partial charge on any atom is 0.0612 e. The van der Waals surface area contributed by atoms with Crippen LogP contribution in [0.1, 0.15) is 11.1 Å². The number of hydrogen-bond donors (Lipinski definition) is 0. The second kappa shape index (κ2) is 9.18. The lowest BCUT2D eigenvalue weighted by molar-refractivity contribution is 0.131. The van der Waals surface area contributed by atoms with E-state index in [4.69, 9.17) is 11.6 Å². The summed E-state index contributed by atoms with van der Waals surface area (Å²) in [5.41, 5.74) is 2.46. The van der Waals surface area contributed by atoms with Gasteiger partial charge in [0, 0.05) is 42.2 Å². The number of piperazine rings is 1. The zero-order valence-electron chi connectivity index (χ0n) is 14.0. The van der Waals surface area contributed by atoms with Gasteiger partial charge in [0.2, 0.25) is 0 Å². The van der Waals surface area contributed by atoms with Crippen molar-refractivity contribution in [3.8, 4) is 0 Å². The molecule has 0 N–H and O–H groups in total. The molecule has 1 heterocycles. The van der Waals surface area contributed by atoms with Crippen molar-refractivity contribution in [2.24, 2.45) is 5.10 Å². The van der Waals surface area contributed by atoms with Gasteiger partial charge in [0.25, 0.3) is 0 Å². The highest BCUT2D eigenvalue weighted by Crippen LogP contribution is 2.14. The van der Waals surface area contributed by atoms with Crippen molar-refractivity contribution in [1.82, 2.24) is 9.91 Å². The first-order valence-electron chi connectivity index (χ1n) is 8.37. The molecule has 0 aromatic heterocycles. The van der Waals surface area contributed by atoms with Crippen molar-refractivity contribution < 1.29 is 0 Å². The van der Waals surface area contributed by atoms with Crippen molar-refractivity contribution in [2.45, 2.75) is 6.54 Å². The summed E-state index contributed by atoms with van der Waals surface area (Å²) >= 11 is 9.51. The monoisotopic (exact) mass is 417 g/mol. The zero-order chi connectivity index (χ0) is 17.5. The molecule has 5 heteroatoms. The van der Waals surface area contributed by atoms with Crippen molar-refractivity contribution in [3.05, 3.63) is 75.2 Å². The van der Waals surface area contributed by atoms with Crippen LogP contribution in [0.15, 0.2) is 64.2 Å². The summed E-state index contributed by atoms with van der Waals surface area (Å²) < 4.78 is 0.974. The molecule has 2 aromatic carbocycles. The Hall–Kier alpha value is -1.62. The molecular formula is C20H21BrClN3. The summed E-state index contributed by atoms with van der Waals surface area (Å²) in [6.45, 7) is 4.87. The highest BCUT2D eigenvalue weighted by atomic mass is 79.9. The predicted octanol–water partition coefficient (Wildman–Crippen LogP) is 4.88. The molecule has 0 saturated carbocycles. The van der Waals surface area contributed by atoms with Crippen LogP contribution in [0.4, 0.5) is 0 Å². The summed E-state index contributed by atoms with van der Waals surface area (Å²) in [4.78, 5) is 2.45. The molecule has 1 fully saturated rings. The molecule has 0 spiro atoms. The number of hydrogen-bond acceptors (Lipinski definition) is 3. The number of hydrazone groups is 1. The lowest BCUT2D eigenvalue weighted by Crippen LogP contribution is -2.43. The van der Waals surface area contributed by atoms with Gasteiger partial charge in [-0.2, -0.15) is 5.10 Å². The number of rotatable bonds is 5. The second-order valence-corrected chi connectivity index (χ2v) is 7.39. The van der Waals surface area contributed by atoms with Gasteiger partial charge in [-0.15, -0.1) is 0 Å². The molecule has 1 saturated heterocycles. The molecular weight excluding hydrogens is 398 g/mol. The maximum atomic E-state index is 5.94. The largest absolute Gasteiger partial charge is 0.295 e. The van der Waals surface area contributed by atoms with Crippen LogP contribution in [0, 0.1) is 0 Å². The zero-order valence-corrected chi connectivity index (χ0v) is 16.3. The van der Waals surface area contributed by atoms with Gasteiger partial charge in [0.1, 0.15) is 0 Å². The second-order valence-electron chi connectivity index (χ2n) is 6.04. The summed E-state index contributed by atoms with van der Waals surface area (Å²) in [5.74, 6) is 0. The van der Waals surface area contributed by atoms with E-state index in [9.17, 15) is 0 Å². The first kappa shape index (κ1) is 18.2. The van der Waals surface area contributed by atoms with E-state index in [2.05, 4.69) is 61.3 Å². The number of halogens is 2. The van der Waals surface area contributed by atoms with E-state index in [-0.39, 0.29) is 0 Å². The molecule has 0 atom stereocenters. The van der Waals surface area contributed by atoms with Crippen LogP contribution in [0.5, 0.6) is 0 Å². The van der Waals surface area contributed by atoms with Crippen LogP contribution in [0.3, 0.4) is 0 Å². The molecule has 0 amide bonds. The standard InChI is InChI=1S/C20H21BrClN3/c21-19(14-17-4-2-1-3-5-17)15-23-25-12-10-24(11-13-25)16-18-6-8-20(22)9-7-18/h1-9,14-15H,10-13,16H2/b19-14+,23-15+. The molecule has 1 aliphatic rings. The fourth-order valence-corrected chi connectivity index (χ4v) is 3.22. The fourth-order valence-electron chi connectivity index (χ4n) is 2.74. The molecule has 3 rings (SSSR count).